The summed E-state index contributed by atoms with van der Waals surface area (Å²) in [7, 11) is 8.34. The predicted molar refractivity (Wildman–Crippen MR) is 77.4 cm³/mol. The van der Waals surface area contributed by atoms with Crippen molar-refractivity contribution in [2.24, 2.45) is 0 Å². The molecule has 0 bridgehead atoms. The van der Waals surface area contributed by atoms with Gasteiger partial charge in [0.2, 0.25) is 0 Å². The Morgan fingerprint density at radius 1 is 0.944 bits per heavy atom. The summed E-state index contributed by atoms with van der Waals surface area (Å²) < 4.78 is 5.85. The van der Waals surface area contributed by atoms with Crippen molar-refractivity contribution in [2.45, 2.75) is 12.8 Å². The van der Waals surface area contributed by atoms with E-state index in [1.807, 2.05) is 6.07 Å². The van der Waals surface area contributed by atoms with Crippen molar-refractivity contribution in [3.63, 3.8) is 0 Å². The van der Waals surface area contributed by atoms with Crippen molar-refractivity contribution in [2.75, 3.05) is 47.9 Å². The highest BCUT2D eigenvalue weighted by Crippen LogP contribution is 2.19. The van der Waals surface area contributed by atoms with Gasteiger partial charge in [-0.1, -0.05) is 18.2 Å². The Morgan fingerprint density at radius 2 is 1.61 bits per heavy atom. The lowest BCUT2D eigenvalue weighted by molar-refractivity contribution is 0.259. The van der Waals surface area contributed by atoms with E-state index in [1.54, 1.807) is 0 Å². The summed E-state index contributed by atoms with van der Waals surface area (Å²) >= 11 is 0. The third-order valence-electron chi connectivity index (χ3n) is 2.82. The van der Waals surface area contributed by atoms with Crippen LogP contribution in [0.15, 0.2) is 24.3 Å². The van der Waals surface area contributed by atoms with Crippen molar-refractivity contribution in [3.05, 3.63) is 29.8 Å². The average Bonchev–Trinajstić information content (AvgIpc) is 2.30. The summed E-state index contributed by atoms with van der Waals surface area (Å²) in [6.45, 7) is 2.82. The van der Waals surface area contributed by atoms with Crippen LogP contribution in [0.1, 0.15) is 12.0 Å². The topological polar surface area (TPSA) is 15.7 Å². The smallest absolute Gasteiger partial charge is 0.122 e. The van der Waals surface area contributed by atoms with Crippen LogP contribution in [-0.2, 0) is 6.42 Å². The van der Waals surface area contributed by atoms with Gasteiger partial charge in [-0.3, -0.25) is 0 Å². The Balaban J connectivity index is 2.45. The number of nitrogens with zero attached hydrogens (tertiary/aromatic N) is 2. The third kappa shape index (κ3) is 6.03. The monoisotopic (exact) mass is 250 g/mol. The third-order valence-corrected chi connectivity index (χ3v) is 2.82. The lowest BCUT2D eigenvalue weighted by Gasteiger charge is -2.14. The van der Waals surface area contributed by atoms with Gasteiger partial charge in [-0.2, -0.15) is 0 Å². The first kappa shape index (κ1) is 15.0. The molecule has 0 aromatic heterocycles. The molecule has 0 saturated heterocycles. The fourth-order valence-electron chi connectivity index (χ4n) is 1.78. The van der Waals surface area contributed by atoms with E-state index in [9.17, 15) is 0 Å². The maximum Gasteiger partial charge on any atom is 0.122 e. The normalized spacial score (nSPS) is 11.2. The van der Waals surface area contributed by atoms with E-state index in [2.05, 4.69) is 56.2 Å². The van der Waals surface area contributed by atoms with Gasteiger partial charge in [0.15, 0.2) is 0 Å². The number of hydrogen-bond donors (Lipinski definition) is 0. The quantitative estimate of drug-likeness (QED) is 0.703. The zero-order valence-electron chi connectivity index (χ0n) is 12.1. The van der Waals surface area contributed by atoms with Gasteiger partial charge >= 0.3 is 0 Å². The summed E-state index contributed by atoms with van der Waals surface area (Å²) in [4.78, 5) is 4.35. The minimum atomic E-state index is 0.748. The van der Waals surface area contributed by atoms with Crippen LogP contribution in [0.5, 0.6) is 5.75 Å². The van der Waals surface area contributed by atoms with Gasteiger partial charge in [0, 0.05) is 6.54 Å². The fourth-order valence-corrected chi connectivity index (χ4v) is 1.78. The van der Waals surface area contributed by atoms with Gasteiger partial charge in [0.25, 0.3) is 0 Å². The summed E-state index contributed by atoms with van der Waals surface area (Å²) in [5.41, 5.74) is 1.32. The minimum Gasteiger partial charge on any atom is -0.492 e. The highest BCUT2D eigenvalue weighted by Gasteiger charge is 2.03. The molecule has 0 radical (unpaired) electrons. The molecule has 1 rings (SSSR count). The molecule has 3 nitrogen and oxygen atoms in total. The number of ether oxygens (including phenoxy) is 1. The molecule has 3 heteroatoms. The molecule has 0 amide bonds. The molecule has 0 atom stereocenters. The van der Waals surface area contributed by atoms with Crippen LogP contribution in [0.2, 0.25) is 0 Å². The maximum atomic E-state index is 5.85. The number of hydrogen-bond acceptors (Lipinski definition) is 3. The van der Waals surface area contributed by atoms with E-state index in [0.717, 1.165) is 31.9 Å². The molecule has 18 heavy (non-hydrogen) atoms. The van der Waals surface area contributed by atoms with Gasteiger partial charge in [-0.05, 0) is 59.2 Å². The number of para-hydroxylation sites is 1. The number of likely N-dealkylation sites (N-methyl/N-ethyl adjacent to an activating group) is 1. The van der Waals surface area contributed by atoms with Crippen molar-refractivity contribution in [3.8, 4) is 5.75 Å². The maximum absolute atomic E-state index is 5.85. The van der Waals surface area contributed by atoms with Crippen molar-refractivity contribution < 1.29 is 4.74 Å². The summed E-state index contributed by atoms with van der Waals surface area (Å²) in [6.07, 6.45) is 2.25. The highest BCUT2D eigenvalue weighted by atomic mass is 16.5. The second kappa shape index (κ2) is 8.11. The first-order valence-electron chi connectivity index (χ1n) is 6.60. The molecule has 0 fully saturated rings. The molecule has 0 saturated carbocycles. The van der Waals surface area contributed by atoms with Crippen molar-refractivity contribution in [1.82, 2.24) is 9.80 Å². The van der Waals surface area contributed by atoms with Gasteiger partial charge < -0.3 is 14.5 Å². The largest absolute Gasteiger partial charge is 0.492 e. The van der Waals surface area contributed by atoms with Crippen LogP contribution < -0.4 is 4.74 Å². The fraction of sp³-hybridized carbons (Fsp3) is 0.600. The molecular weight excluding hydrogens is 224 g/mol. The molecule has 1 aromatic rings. The molecule has 0 N–H and O–H groups in total. The second-order valence-corrected chi connectivity index (χ2v) is 5.17. The number of benzene rings is 1. The van der Waals surface area contributed by atoms with E-state index >= 15 is 0 Å². The van der Waals surface area contributed by atoms with E-state index < -0.39 is 0 Å². The first-order valence-corrected chi connectivity index (χ1v) is 6.60. The zero-order chi connectivity index (χ0) is 13.4. The summed E-state index contributed by atoms with van der Waals surface area (Å²) in [6, 6.07) is 8.37. The van der Waals surface area contributed by atoms with Crippen LogP contribution in [0.4, 0.5) is 0 Å². The molecule has 0 aliphatic heterocycles. The number of aryl methyl sites for hydroxylation is 1. The van der Waals surface area contributed by atoms with E-state index in [-0.39, 0.29) is 0 Å². The first-order chi connectivity index (χ1) is 8.59. The summed E-state index contributed by atoms with van der Waals surface area (Å²) in [5.74, 6) is 1.04. The Labute approximate surface area is 111 Å². The molecule has 0 aliphatic rings. The Kier molecular flexibility index (Phi) is 6.76. The molecule has 102 valence electrons. The number of rotatable bonds is 8. The second-order valence-electron chi connectivity index (χ2n) is 5.17. The van der Waals surface area contributed by atoms with Crippen LogP contribution in [0.3, 0.4) is 0 Å². The molecular formula is C15H26N2O. The molecule has 0 aliphatic carbocycles. The summed E-state index contributed by atoms with van der Waals surface area (Å²) in [5, 5.41) is 0. The Bertz CT molecular complexity index is 304. The van der Waals surface area contributed by atoms with E-state index in [0.29, 0.717) is 0 Å². The zero-order valence-corrected chi connectivity index (χ0v) is 12.1. The molecule has 0 spiro atoms. The highest BCUT2D eigenvalue weighted by molar-refractivity contribution is 5.33. The lowest BCUT2D eigenvalue weighted by Crippen LogP contribution is -2.19. The van der Waals surface area contributed by atoms with Crippen molar-refractivity contribution in [1.29, 1.82) is 0 Å². The van der Waals surface area contributed by atoms with Crippen LogP contribution in [0, 0.1) is 0 Å². The Hall–Kier alpha value is -1.06. The SMILES string of the molecule is CN(C)CCCc1ccccc1OCCN(C)C. The van der Waals surface area contributed by atoms with Crippen molar-refractivity contribution >= 4 is 0 Å². The van der Waals surface area contributed by atoms with Gasteiger partial charge in [0.05, 0.1) is 0 Å². The average molecular weight is 250 g/mol. The predicted octanol–water partition coefficient (Wildman–Crippen LogP) is 2.12. The standard InChI is InChI=1S/C15H26N2O/c1-16(2)11-7-9-14-8-5-6-10-15(14)18-13-12-17(3)4/h5-6,8,10H,7,9,11-13H2,1-4H3. The van der Waals surface area contributed by atoms with Crippen LogP contribution >= 0.6 is 0 Å². The lowest BCUT2D eigenvalue weighted by atomic mass is 10.1. The van der Waals surface area contributed by atoms with E-state index in [1.165, 1.54) is 12.0 Å². The van der Waals surface area contributed by atoms with E-state index in [4.69, 9.17) is 4.74 Å². The minimum absolute atomic E-state index is 0.748. The molecule has 0 unspecified atom stereocenters. The van der Waals surface area contributed by atoms with Gasteiger partial charge in [-0.25, -0.2) is 0 Å². The Morgan fingerprint density at radius 3 is 2.28 bits per heavy atom. The van der Waals surface area contributed by atoms with Crippen LogP contribution in [0.25, 0.3) is 0 Å². The van der Waals surface area contributed by atoms with Gasteiger partial charge in [-0.15, -0.1) is 0 Å². The molecule has 0 heterocycles. The molecule has 1 aromatic carbocycles. The van der Waals surface area contributed by atoms with Gasteiger partial charge in [0.1, 0.15) is 12.4 Å². The van der Waals surface area contributed by atoms with Crippen LogP contribution in [-0.4, -0.2) is 57.7 Å².